The van der Waals surface area contributed by atoms with E-state index in [4.69, 9.17) is 0 Å². The van der Waals surface area contributed by atoms with Crippen LogP contribution in [0.15, 0.2) is 0 Å². The van der Waals surface area contributed by atoms with Gasteiger partial charge < -0.3 is 0 Å². The van der Waals surface area contributed by atoms with Gasteiger partial charge in [0.05, 0.1) is 0 Å². The van der Waals surface area contributed by atoms with Crippen LogP contribution < -0.4 is 11.0 Å². The third-order valence-electron chi connectivity index (χ3n) is 0.232. The van der Waals surface area contributed by atoms with Crippen molar-refractivity contribution in [2.45, 2.75) is 0 Å². The molecule has 0 rings (SSSR count). The van der Waals surface area contributed by atoms with Gasteiger partial charge >= 0.3 is 0 Å². The molecular formula is CH6N2O3S. The van der Waals surface area contributed by atoms with Crippen LogP contribution in [0.2, 0.25) is 0 Å². The van der Waals surface area contributed by atoms with Gasteiger partial charge in [0.2, 0.25) is 10.0 Å². The average Bonchev–Trinajstić information content (AvgIpc) is 1.30. The topological polar surface area (TPSA) is 95.4 Å². The number of rotatable bonds is 2. The Morgan fingerprint density at radius 2 is 2.00 bits per heavy atom. The Morgan fingerprint density at radius 3 is 2.00 bits per heavy atom. The Hall–Kier alpha value is -0.170. The molecule has 0 amide bonds. The van der Waals surface area contributed by atoms with Crippen molar-refractivity contribution in [2.75, 3.05) is 5.94 Å². The lowest BCUT2D eigenvalue weighted by molar-refractivity contribution is 0.183. The van der Waals surface area contributed by atoms with Crippen LogP contribution in [-0.2, 0) is 14.9 Å². The molecule has 0 saturated carbocycles. The number of nitrogens with two attached hydrogens (primary N) is 2. The van der Waals surface area contributed by atoms with Gasteiger partial charge in [-0.25, -0.2) is 19.5 Å². The van der Waals surface area contributed by atoms with E-state index in [0.717, 1.165) is 0 Å². The molecule has 0 fully saturated rings. The SMILES string of the molecule is NOCS(N)(=O)=O. The van der Waals surface area contributed by atoms with Crippen molar-refractivity contribution < 1.29 is 13.3 Å². The summed E-state index contributed by atoms with van der Waals surface area (Å²) in [7, 11) is -3.52. The molecule has 6 heteroatoms. The molecule has 0 aromatic carbocycles. The Balaban J connectivity index is 3.60. The fourth-order valence-corrected chi connectivity index (χ4v) is 0.285. The Bertz CT molecular complexity index is 126. The van der Waals surface area contributed by atoms with Gasteiger partial charge in [0.1, 0.15) is 0 Å². The molecule has 0 bridgehead atoms. The highest BCUT2D eigenvalue weighted by atomic mass is 32.2. The lowest BCUT2D eigenvalue weighted by Crippen LogP contribution is -2.20. The minimum Gasteiger partial charge on any atom is -0.287 e. The molecule has 44 valence electrons. The molecule has 0 radical (unpaired) electrons. The summed E-state index contributed by atoms with van der Waals surface area (Å²) in [5.74, 6) is 3.72. The van der Waals surface area contributed by atoms with Crippen molar-refractivity contribution in [1.29, 1.82) is 0 Å². The number of hydrogen-bond donors (Lipinski definition) is 2. The monoisotopic (exact) mass is 126 g/mol. The van der Waals surface area contributed by atoms with Crippen LogP contribution in [0, 0.1) is 0 Å². The molecule has 5 nitrogen and oxygen atoms in total. The summed E-state index contributed by atoms with van der Waals surface area (Å²) in [5.41, 5.74) is 0. The van der Waals surface area contributed by atoms with Crippen LogP contribution in [0.1, 0.15) is 0 Å². The molecule has 0 aliphatic carbocycles. The fraction of sp³-hybridized carbons (Fsp3) is 1.00. The highest BCUT2D eigenvalue weighted by Crippen LogP contribution is 1.70. The van der Waals surface area contributed by atoms with Gasteiger partial charge in [0, 0.05) is 0 Å². The Labute approximate surface area is 41.2 Å². The van der Waals surface area contributed by atoms with E-state index in [2.05, 4.69) is 15.9 Å². The van der Waals surface area contributed by atoms with E-state index in [0.29, 0.717) is 0 Å². The Kier molecular flexibility index (Phi) is 2.16. The molecule has 0 aliphatic heterocycles. The van der Waals surface area contributed by atoms with E-state index in [9.17, 15) is 8.42 Å². The minimum atomic E-state index is -3.52. The van der Waals surface area contributed by atoms with Gasteiger partial charge in [-0.2, -0.15) is 0 Å². The lowest BCUT2D eigenvalue weighted by atomic mass is 11.7. The normalized spacial score (nSPS) is 11.7. The number of sulfonamides is 1. The van der Waals surface area contributed by atoms with Crippen LogP contribution >= 0.6 is 0 Å². The third kappa shape index (κ3) is 5.83. The summed E-state index contributed by atoms with van der Waals surface area (Å²) in [4.78, 5) is 3.69. The molecule has 4 N–H and O–H groups in total. The van der Waals surface area contributed by atoms with Crippen LogP contribution in [0.25, 0.3) is 0 Å². The quantitative estimate of drug-likeness (QED) is 0.423. The van der Waals surface area contributed by atoms with Gasteiger partial charge in [0.25, 0.3) is 0 Å². The van der Waals surface area contributed by atoms with Crippen molar-refractivity contribution >= 4 is 10.0 Å². The first-order valence-corrected chi connectivity index (χ1v) is 3.10. The first kappa shape index (κ1) is 6.83. The molecule has 0 unspecified atom stereocenters. The maximum absolute atomic E-state index is 9.80. The van der Waals surface area contributed by atoms with E-state index in [-0.39, 0.29) is 0 Å². The van der Waals surface area contributed by atoms with E-state index in [1.807, 2.05) is 0 Å². The second-order valence-corrected chi connectivity index (χ2v) is 2.51. The van der Waals surface area contributed by atoms with E-state index in [1.165, 1.54) is 0 Å². The van der Waals surface area contributed by atoms with Crippen molar-refractivity contribution in [1.82, 2.24) is 0 Å². The highest BCUT2D eigenvalue weighted by molar-refractivity contribution is 7.88. The summed E-state index contributed by atoms with van der Waals surface area (Å²) >= 11 is 0. The predicted molar refractivity (Wildman–Crippen MR) is 23.2 cm³/mol. The van der Waals surface area contributed by atoms with Crippen LogP contribution in [0.3, 0.4) is 0 Å². The number of primary sulfonamides is 1. The summed E-state index contributed by atoms with van der Waals surface area (Å²) in [6.45, 7) is 0. The maximum atomic E-state index is 9.80. The summed E-state index contributed by atoms with van der Waals surface area (Å²) in [6.07, 6.45) is 0. The van der Waals surface area contributed by atoms with Crippen molar-refractivity contribution in [3.05, 3.63) is 0 Å². The average molecular weight is 126 g/mol. The predicted octanol–water partition coefficient (Wildman–Crippen LogP) is -1.88. The summed E-state index contributed by atoms with van der Waals surface area (Å²) in [5, 5.41) is 4.41. The highest BCUT2D eigenvalue weighted by Gasteiger charge is 1.97. The van der Waals surface area contributed by atoms with E-state index >= 15 is 0 Å². The van der Waals surface area contributed by atoms with Crippen LogP contribution in [0.5, 0.6) is 0 Å². The maximum Gasteiger partial charge on any atom is 0.235 e. The van der Waals surface area contributed by atoms with Crippen LogP contribution in [-0.4, -0.2) is 14.4 Å². The molecule has 0 heterocycles. The number of hydrogen-bond acceptors (Lipinski definition) is 4. The second-order valence-electron chi connectivity index (χ2n) is 0.947. The first-order valence-electron chi connectivity index (χ1n) is 1.38. The van der Waals surface area contributed by atoms with Crippen LogP contribution in [0.4, 0.5) is 0 Å². The van der Waals surface area contributed by atoms with Crippen molar-refractivity contribution in [2.24, 2.45) is 11.0 Å². The van der Waals surface area contributed by atoms with Gasteiger partial charge in [-0.05, 0) is 0 Å². The first-order chi connectivity index (χ1) is 3.06. The van der Waals surface area contributed by atoms with E-state index < -0.39 is 16.0 Å². The zero-order valence-corrected chi connectivity index (χ0v) is 4.31. The van der Waals surface area contributed by atoms with Gasteiger partial charge in [-0.3, -0.25) is 4.84 Å². The largest absolute Gasteiger partial charge is 0.287 e. The van der Waals surface area contributed by atoms with Crippen molar-refractivity contribution in [3.63, 3.8) is 0 Å². The third-order valence-corrected chi connectivity index (χ3v) is 0.697. The molecule has 0 saturated heterocycles. The molecular weight excluding hydrogens is 120 g/mol. The summed E-state index contributed by atoms with van der Waals surface area (Å²) in [6, 6.07) is 0. The molecule has 0 atom stereocenters. The van der Waals surface area contributed by atoms with E-state index in [1.54, 1.807) is 0 Å². The summed E-state index contributed by atoms with van der Waals surface area (Å²) < 4.78 is 19.6. The smallest absolute Gasteiger partial charge is 0.235 e. The molecule has 0 aliphatic rings. The second kappa shape index (κ2) is 2.22. The molecule has 0 aromatic rings. The molecule has 0 aromatic heterocycles. The Morgan fingerprint density at radius 1 is 1.57 bits per heavy atom. The van der Waals surface area contributed by atoms with Crippen molar-refractivity contribution in [3.8, 4) is 0 Å². The zero-order chi connectivity index (χ0) is 5.91. The molecule has 7 heavy (non-hydrogen) atoms. The standard InChI is InChI=1S/CH6N2O3S/c2-6-1-7(3,4)5/h1-2H2,(H2,3,4,5). The fourth-order valence-electron chi connectivity index (χ4n) is 0.0948. The molecule has 0 spiro atoms. The van der Waals surface area contributed by atoms with Gasteiger partial charge in [0.15, 0.2) is 5.94 Å². The van der Waals surface area contributed by atoms with Gasteiger partial charge in [-0.15, -0.1) is 0 Å². The zero-order valence-electron chi connectivity index (χ0n) is 3.49. The minimum absolute atomic E-state index is 0.632. The van der Waals surface area contributed by atoms with Gasteiger partial charge in [-0.1, -0.05) is 0 Å². The lowest BCUT2D eigenvalue weighted by Gasteiger charge is -1.89.